The molecule has 0 aromatic carbocycles. The molecule has 17 heavy (non-hydrogen) atoms. The molecule has 1 aromatic heterocycles. The van der Waals surface area contributed by atoms with Crippen LogP contribution in [0.15, 0.2) is 12.3 Å². The number of ether oxygens (including phenoxy) is 1. The Bertz CT molecular complexity index is 339. The minimum absolute atomic E-state index is 0.224. The standard InChI is InChI=1S/C14H24N2O/c1-4-5-6-7-8-12(3)17-14-9-11(2)13(15)10-16-14/h9-10,12H,4-8,15H2,1-3H3. The lowest BCUT2D eigenvalue weighted by Crippen LogP contribution is -2.12. The van der Waals surface area contributed by atoms with Gasteiger partial charge in [0.1, 0.15) is 0 Å². The van der Waals surface area contributed by atoms with Crippen LogP contribution in [0.4, 0.5) is 5.69 Å². The summed E-state index contributed by atoms with van der Waals surface area (Å²) in [5, 5.41) is 0. The Morgan fingerprint density at radius 1 is 1.35 bits per heavy atom. The van der Waals surface area contributed by atoms with E-state index in [1.165, 1.54) is 25.7 Å². The lowest BCUT2D eigenvalue weighted by atomic mass is 10.1. The second-order valence-corrected chi connectivity index (χ2v) is 4.66. The first-order valence-corrected chi connectivity index (χ1v) is 6.52. The molecule has 0 fully saturated rings. The fourth-order valence-electron chi connectivity index (χ4n) is 1.73. The predicted octanol–water partition coefficient (Wildman–Crippen LogP) is 3.71. The molecule has 0 amide bonds. The van der Waals surface area contributed by atoms with Crippen LogP contribution in [-0.4, -0.2) is 11.1 Å². The Balaban J connectivity index is 2.34. The molecule has 3 heteroatoms. The molecule has 0 spiro atoms. The number of hydrogen-bond donors (Lipinski definition) is 1. The van der Waals surface area contributed by atoms with Gasteiger partial charge < -0.3 is 10.5 Å². The summed E-state index contributed by atoms with van der Waals surface area (Å²) in [4.78, 5) is 4.18. The van der Waals surface area contributed by atoms with Crippen molar-refractivity contribution in [2.24, 2.45) is 0 Å². The van der Waals surface area contributed by atoms with Crippen LogP contribution < -0.4 is 10.5 Å². The van der Waals surface area contributed by atoms with Gasteiger partial charge in [0.2, 0.25) is 5.88 Å². The van der Waals surface area contributed by atoms with Crippen molar-refractivity contribution in [1.29, 1.82) is 0 Å². The number of nitrogen functional groups attached to an aromatic ring is 1. The quantitative estimate of drug-likeness (QED) is 0.734. The van der Waals surface area contributed by atoms with Crippen LogP contribution in [0.2, 0.25) is 0 Å². The predicted molar refractivity (Wildman–Crippen MR) is 72.2 cm³/mol. The summed E-state index contributed by atoms with van der Waals surface area (Å²) in [7, 11) is 0. The van der Waals surface area contributed by atoms with Crippen molar-refractivity contribution >= 4 is 5.69 Å². The van der Waals surface area contributed by atoms with Crippen molar-refractivity contribution < 1.29 is 4.74 Å². The number of anilines is 1. The first-order valence-electron chi connectivity index (χ1n) is 6.52. The van der Waals surface area contributed by atoms with Crippen molar-refractivity contribution in [3.8, 4) is 5.88 Å². The third-order valence-corrected chi connectivity index (χ3v) is 2.91. The van der Waals surface area contributed by atoms with E-state index in [0.717, 1.165) is 12.0 Å². The average molecular weight is 236 g/mol. The summed E-state index contributed by atoms with van der Waals surface area (Å²) < 4.78 is 5.76. The average Bonchev–Trinajstić information content (AvgIpc) is 2.30. The van der Waals surface area contributed by atoms with Gasteiger partial charge in [-0.25, -0.2) is 4.98 Å². The molecule has 1 unspecified atom stereocenters. The van der Waals surface area contributed by atoms with Crippen LogP contribution in [0, 0.1) is 6.92 Å². The smallest absolute Gasteiger partial charge is 0.213 e. The van der Waals surface area contributed by atoms with Gasteiger partial charge in [0, 0.05) is 6.07 Å². The van der Waals surface area contributed by atoms with Crippen molar-refractivity contribution in [3.63, 3.8) is 0 Å². The molecule has 0 aliphatic heterocycles. The number of unbranched alkanes of at least 4 members (excludes halogenated alkanes) is 3. The van der Waals surface area contributed by atoms with Crippen molar-refractivity contribution in [1.82, 2.24) is 4.98 Å². The van der Waals surface area contributed by atoms with Crippen LogP contribution in [0.3, 0.4) is 0 Å². The van der Waals surface area contributed by atoms with Gasteiger partial charge in [-0.1, -0.05) is 26.2 Å². The molecule has 2 N–H and O–H groups in total. The molecule has 3 nitrogen and oxygen atoms in total. The summed E-state index contributed by atoms with van der Waals surface area (Å²) in [6.45, 7) is 6.29. The third kappa shape index (κ3) is 5.07. The molecule has 1 rings (SSSR count). The zero-order valence-electron chi connectivity index (χ0n) is 11.2. The summed E-state index contributed by atoms with van der Waals surface area (Å²) in [6.07, 6.45) is 8.07. The van der Waals surface area contributed by atoms with Crippen LogP contribution in [0.1, 0.15) is 51.5 Å². The molecule has 1 aromatic rings. The SMILES string of the molecule is CCCCCCC(C)Oc1cc(C)c(N)cn1. The fraction of sp³-hybridized carbons (Fsp3) is 0.643. The van der Waals surface area contributed by atoms with Gasteiger partial charge in [0.15, 0.2) is 0 Å². The summed E-state index contributed by atoms with van der Waals surface area (Å²) in [6, 6.07) is 1.90. The van der Waals surface area contributed by atoms with Crippen molar-refractivity contribution in [3.05, 3.63) is 17.8 Å². The molecule has 1 atom stereocenters. The van der Waals surface area contributed by atoms with E-state index in [1.54, 1.807) is 6.20 Å². The van der Waals surface area contributed by atoms with Crippen molar-refractivity contribution in [2.75, 3.05) is 5.73 Å². The largest absolute Gasteiger partial charge is 0.475 e. The zero-order chi connectivity index (χ0) is 12.7. The number of rotatable bonds is 7. The van der Waals surface area contributed by atoms with Gasteiger partial charge in [-0.05, 0) is 32.3 Å². The van der Waals surface area contributed by atoms with Gasteiger partial charge in [-0.15, -0.1) is 0 Å². The maximum Gasteiger partial charge on any atom is 0.213 e. The number of nitrogens with zero attached hydrogens (tertiary/aromatic N) is 1. The van der Waals surface area contributed by atoms with Crippen molar-refractivity contribution in [2.45, 2.75) is 59.0 Å². The van der Waals surface area contributed by atoms with E-state index in [0.29, 0.717) is 11.6 Å². The lowest BCUT2D eigenvalue weighted by Gasteiger charge is -2.14. The van der Waals surface area contributed by atoms with E-state index < -0.39 is 0 Å². The Labute approximate surface area is 104 Å². The molecule has 1 heterocycles. The van der Waals surface area contributed by atoms with Gasteiger partial charge in [-0.3, -0.25) is 0 Å². The highest BCUT2D eigenvalue weighted by Gasteiger charge is 2.05. The highest BCUT2D eigenvalue weighted by Crippen LogP contribution is 2.17. The lowest BCUT2D eigenvalue weighted by molar-refractivity contribution is 0.198. The van der Waals surface area contributed by atoms with Crippen LogP contribution >= 0.6 is 0 Å². The van der Waals surface area contributed by atoms with E-state index in [1.807, 2.05) is 13.0 Å². The third-order valence-electron chi connectivity index (χ3n) is 2.91. The normalized spacial score (nSPS) is 12.4. The molecular formula is C14H24N2O. The number of aryl methyl sites for hydroxylation is 1. The second kappa shape index (κ2) is 7.15. The Hall–Kier alpha value is -1.25. The topological polar surface area (TPSA) is 48.1 Å². The van der Waals surface area contributed by atoms with Gasteiger partial charge in [-0.2, -0.15) is 0 Å². The summed E-state index contributed by atoms with van der Waals surface area (Å²) >= 11 is 0. The Morgan fingerprint density at radius 3 is 2.76 bits per heavy atom. The molecule has 0 aliphatic carbocycles. The highest BCUT2D eigenvalue weighted by atomic mass is 16.5. The number of pyridine rings is 1. The summed E-state index contributed by atoms with van der Waals surface area (Å²) in [5.41, 5.74) is 7.45. The second-order valence-electron chi connectivity index (χ2n) is 4.66. The van der Waals surface area contributed by atoms with E-state index >= 15 is 0 Å². The Kier molecular flexibility index (Phi) is 5.81. The van der Waals surface area contributed by atoms with Crippen LogP contribution in [0.25, 0.3) is 0 Å². The minimum Gasteiger partial charge on any atom is -0.475 e. The van der Waals surface area contributed by atoms with Crippen LogP contribution in [-0.2, 0) is 0 Å². The molecule has 0 radical (unpaired) electrons. The maximum atomic E-state index is 5.76. The number of aromatic nitrogens is 1. The molecule has 96 valence electrons. The van der Waals surface area contributed by atoms with E-state index in [2.05, 4.69) is 18.8 Å². The minimum atomic E-state index is 0.224. The molecule has 0 bridgehead atoms. The monoisotopic (exact) mass is 236 g/mol. The molecule has 0 aliphatic rings. The first-order chi connectivity index (χ1) is 8.13. The summed E-state index contributed by atoms with van der Waals surface area (Å²) in [5.74, 6) is 0.680. The van der Waals surface area contributed by atoms with E-state index in [9.17, 15) is 0 Å². The highest BCUT2D eigenvalue weighted by molar-refractivity contribution is 5.45. The molecule has 0 saturated heterocycles. The zero-order valence-corrected chi connectivity index (χ0v) is 11.2. The Morgan fingerprint density at radius 2 is 2.12 bits per heavy atom. The van der Waals surface area contributed by atoms with E-state index in [-0.39, 0.29) is 6.10 Å². The first kappa shape index (κ1) is 13.8. The number of nitrogens with two attached hydrogens (primary N) is 1. The van der Waals surface area contributed by atoms with Gasteiger partial charge in [0.05, 0.1) is 18.0 Å². The van der Waals surface area contributed by atoms with Gasteiger partial charge >= 0.3 is 0 Å². The van der Waals surface area contributed by atoms with E-state index in [4.69, 9.17) is 10.5 Å². The molecule has 0 saturated carbocycles. The molecular weight excluding hydrogens is 212 g/mol. The maximum absolute atomic E-state index is 5.76. The fourth-order valence-corrected chi connectivity index (χ4v) is 1.73. The number of hydrogen-bond acceptors (Lipinski definition) is 3. The van der Waals surface area contributed by atoms with Gasteiger partial charge in [0.25, 0.3) is 0 Å². The van der Waals surface area contributed by atoms with Crippen LogP contribution in [0.5, 0.6) is 5.88 Å².